The Labute approximate surface area is 199 Å². The Bertz CT molecular complexity index is 1060. The summed E-state index contributed by atoms with van der Waals surface area (Å²) in [7, 11) is 0. The molecule has 1 heterocycles. The molecule has 6 heteroatoms. The lowest BCUT2D eigenvalue weighted by atomic mass is 9.45. The van der Waals surface area contributed by atoms with Crippen LogP contribution in [0.1, 0.15) is 59.4 Å². The smallest absolute Gasteiger partial charge is 0.283 e. The fourth-order valence-corrected chi connectivity index (χ4v) is 6.35. The van der Waals surface area contributed by atoms with Crippen LogP contribution in [0, 0.1) is 23.2 Å². The van der Waals surface area contributed by atoms with Crippen molar-refractivity contribution in [2.45, 2.75) is 71.9 Å². The summed E-state index contributed by atoms with van der Waals surface area (Å²) in [6, 6.07) is 10.3. The van der Waals surface area contributed by atoms with Gasteiger partial charge in [-0.25, -0.2) is 4.68 Å². The van der Waals surface area contributed by atoms with Gasteiger partial charge in [-0.05, 0) is 62.9 Å². The van der Waals surface area contributed by atoms with Crippen molar-refractivity contribution >= 4 is 27.4 Å². The number of nitrogens with one attached hydrogen (secondary N) is 1. The number of Topliss-reactive ketones (excluding diaryl/α,β-unsaturated/α-hetero) is 1. The normalized spacial score (nSPS) is 26.3. The molecule has 0 saturated heterocycles. The number of nitrogens with zero attached hydrogens (tertiary/aromatic N) is 2. The number of fused-ring (bicyclic) bond motifs is 2. The molecule has 1 aromatic heterocycles. The second kappa shape index (κ2) is 8.44. The third-order valence-corrected chi connectivity index (χ3v) is 8.97. The molecule has 5 rings (SSSR count). The summed E-state index contributed by atoms with van der Waals surface area (Å²) in [6.45, 7) is 11.2. The summed E-state index contributed by atoms with van der Waals surface area (Å²) in [5.41, 5.74) is 1.68. The Hall–Kier alpha value is -1.95. The first-order valence-electron chi connectivity index (χ1n) is 11.6. The molecule has 0 unspecified atom stereocenters. The second-order valence-electron chi connectivity index (χ2n) is 11.0. The molecule has 1 N–H and O–H groups in total. The quantitative estimate of drug-likeness (QED) is 0.551. The summed E-state index contributed by atoms with van der Waals surface area (Å²) < 4.78 is 1.72. The van der Waals surface area contributed by atoms with E-state index in [1.165, 1.54) is 11.1 Å². The third-order valence-electron chi connectivity index (χ3n) is 8.20. The van der Waals surface area contributed by atoms with Crippen molar-refractivity contribution in [1.82, 2.24) is 9.78 Å². The van der Waals surface area contributed by atoms with Gasteiger partial charge in [0.1, 0.15) is 11.0 Å². The third kappa shape index (κ3) is 4.18. The van der Waals surface area contributed by atoms with Crippen LogP contribution in [0.15, 0.2) is 45.8 Å². The van der Waals surface area contributed by atoms with E-state index < -0.39 is 0 Å². The first kappa shape index (κ1) is 23.2. The van der Waals surface area contributed by atoms with Crippen molar-refractivity contribution in [3.8, 4) is 0 Å². The second-order valence-corrected chi connectivity index (χ2v) is 11.8. The van der Waals surface area contributed by atoms with Crippen LogP contribution in [0.5, 0.6) is 0 Å². The highest BCUT2D eigenvalue weighted by molar-refractivity contribution is 9.10. The lowest BCUT2D eigenvalue weighted by Gasteiger charge is -2.62. The zero-order chi connectivity index (χ0) is 23.3. The van der Waals surface area contributed by atoms with E-state index >= 15 is 0 Å². The van der Waals surface area contributed by atoms with Gasteiger partial charge >= 0.3 is 0 Å². The van der Waals surface area contributed by atoms with Crippen LogP contribution >= 0.6 is 15.9 Å². The van der Waals surface area contributed by atoms with Crippen LogP contribution in [0.3, 0.4) is 0 Å². The largest absolute Gasteiger partial charge is 0.380 e. The van der Waals surface area contributed by atoms with Gasteiger partial charge in [-0.2, -0.15) is 5.10 Å². The van der Waals surface area contributed by atoms with Crippen molar-refractivity contribution in [1.29, 1.82) is 0 Å². The van der Waals surface area contributed by atoms with Crippen LogP contribution in [0.4, 0.5) is 5.69 Å². The first-order valence-corrected chi connectivity index (χ1v) is 12.4. The van der Waals surface area contributed by atoms with E-state index in [9.17, 15) is 9.59 Å². The fraction of sp³-hybridized carbons (Fsp3) is 0.577. The molecule has 4 atom stereocenters. The highest BCUT2D eigenvalue weighted by Gasteiger charge is 2.56. The van der Waals surface area contributed by atoms with Crippen LogP contribution in [-0.2, 0) is 16.8 Å². The summed E-state index contributed by atoms with van der Waals surface area (Å²) in [6.07, 6.45) is 4.46. The predicted octanol–water partition coefficient (Wildman–Crippen LogP) is 5.43. The minimum Gasteiger partial charge on any atom is -0.380 e. The van der Waals surface area contributed by atoms with Crippen molar-refractivity contribution in [3.05, 3.63) is 56.9 Å². The number of ketones is 1. The average molecular weight is 500 g/mol. The SMILES string of the molecule is C[C@H]1[C@H](Nc2cnn(CC(=O)CC(C)(C)c3ccccc3)c(=O)c2Br)C[C@H]2C[C@@H]1C2(C)C. The zero-order valence-electron chi connectivity index (χ0n) is 19.7. The van der Waals surface area contributed by atoms with Gasteiger partial charge in [0.05, 0.1) is 11.9 Å². The molecule has 1 aromatic carbocycles. The molecule has 32 heavy (non-hydrogen) atoms. The molecule has 0 aliphatic heterocycles. The maximum Gasteiger partial charge on any atom is 0.283 e. The molecule has 3 saturated carbocycles. The Morgan fingerprint density at radius 2 is 1.94 bits per heavy atom. The molecule has 2 aromatic rings. The highest BCUT2D eigenvalue weighted by Crippen LogP contribution is 2.61. The van der Waals surface area contributed by atoms with E-state index in [0.717, 1.165) is 29.5 Å². The fourth-order valence-electron chi connectivity index (χ4n) is 5.93. The van der Waals surface area contributed by atoms with Crippen LogP contribution in [-0.4, -0.2) is 21.6 Å². The Kier molecular flexibility index (Phi) is 6.12. The first-order chi connectivity index (χ1) is 15.0. The zero-order valence-corrected chi connectivity index (χ0v) is 21.3. The lowest BCUT2D eigenvalue weighted by molar-refractivity contribution is -0.120. The van der Waals surface area contributed by atoms with E-state index in [2.05, 4.69) is 61.0 Å². The maximum absolute atomic E-state index is 12.9. The predicted molar refractivity (Wildman–Crippen MR) is 132 cm³/mol. The Morgan fingerprint density at radius 3 is 2.56 bits per heavy atom. The van der Waals surface area contributed by atoms with Gasteiger partial charge in [0.2, 0.25) is 0 Å². The molecule has 3 fully saturated rings. The number of anilines is 1. The molecule has 0 radical (unpaired) electrons. The molecule has 0 amide bonds. The minimum absolute atomic E-state index is 0.00992. The van der Waals surface area contributed by atoms with Gasteiger partial charge < -0.3 is 5.32 Å². The van der Waals surface area contributed by atoms with Gasteiger partial charge in [-0.1, -0.05) is 65.0 Å². The molecule has 172 valence electrons. The number of carbonyl (C=O) groups is 1. The summed E-state index contributed by atoms with van der Waals surface area (Å²) in [5.74, 6) is 1.99. The van der Waals surface area contributed by atoms with Crippen molar-refractivity contribution in [2.24, 2.45) is 23.2 Å². The Balaban J connectivity index is 1.43. The highest BCUT2D eigenvalue weighted by atomic mass is 79.9. The maximum atomic E-state index is 12.9. The monoisotopic (exact) mass is 499 g/mol. The number of benzene rings is 1. The van der Waals surface area contributed by atoms with Gasteiger partial charge in [0.15, 0.2) is 5.78 Å². The van der Waals surface area contributed by atoms with E-state index in [1.54, 1.807) is 6.20 Å². The molecule has 3 aliphatic rings. The molecular formula is C26H34BrN3O2. The van der Waals surface area contributed by atoms with E-state index in [0.29, 0.717) is 28.3 Å². The minimum atomic E-state index is -0.299. The van der Waals surface area contributed by atoms with Crippen molar-refractivity contribution in [2.75, 3.05) is 5.32 Å². The van der Waals surface area contributed by atoms with Crippen LogP contribution in [0.2, 0.25) is 0 Å². The molecule has 0 spiro atoms. The van der Waals surface area contributed by atoms with Crippen LogP contribution in [0.25, 0.3) is 0 Å². The number of hydrogen-bond donors (Lipinski definition) is 1. The number of aromatic nitrogens is 2. The van der Waals surface area contributed by atoms with Crippen LogP contribution < -0.4 is 10.9 Å². The molecule has 3 aliphatic carbocycles. The van der Waals surface area contributed by atoms with Crippen molar-refractivity contribution < 1.29 is 4.79 Å². The summed E-state index contributed by atoms with van der Waals surface area (Å²) in [4.78, 5) is 25.7. The van der Waals surface area contributed by atoms with Gasteiger partial charge in [-0.15, -0.1) is 0 Å². The van der Waals surface area contributed by atoms with Gasteiger partial charge in [0, 0.05) is 12.5 Å². The van der Waals surface area contributed by atoms with E-state index in [1.807, 2.05) is 30.3 Å². The number of carbonyl (C=O) groups excluding carboxylic acids is 1. The molecular weight excluding hydrogens is 466 g/mol. The van der Waals surface area contributed by atoms with Gasteiger partial charge in [-0.3, -0.25) is 9.59 Å². The number of hydrogen-bond acceptors (Lipinski definition) is 4. The van der Waals surface area contributed by atoms with Crippen molar-refractivity contribution in [3.63, 3.8) is 0 Å². The average Bonchev–Trinajstić information content (AvgIpc) is 2.74. The molecule has 5 nitrogen and oxygen atoms in total. The standard InChI is InChI=1S/C26H34BrN3O2/c1-16-20-11-18(26(20,4)5)12-21(16)29-22-14-28-30(24(32)23(22)27)15-19(31)13-25(2,3)17-9-7-6-8-10-17/h6-10,14,16,18,20-21,29H,11-13,15H2,1-5H3/t16-,18-,20+,21-/m1/s1. The lowest BCUT2D eigenvalue weighted by Crippen LogP contribution is -2.58. The topological polar surface area (TPSA) is 64.0 Å². The van der Waals surface area contributed by atoms with E-state index in [-0.39, 0.29) is 23.3 Å². The number of halogens is 1. The van der Waals surface area contributed by atoms with Gasteiger partial charge in [0.25, 0.3) is 5.56 Å². The number of rotatable bonds is 7. The Morgan fingerprint density at radius 1 is 1.25 bits per heavy atom. The summed E-state index contributed by atoms with van der Waals surface area (Å²) in [5, 5.41) is 7.89. The molecule has 2 bridgehead atoms. The summed E-state index contributed by atoms with van der Waals surface area (Å²) >= 11 is 3.47. The van der Waals surface area contributed by atoms with E-state index in [4.69, 9.17) is 0 Å².